The van der Waals surface area contributed by atoms with Crippen molar-refractivity contribution >= 4 is 17.6 Å². The number of thiazole rings is 1. The molecule has 0 spiro atoms. The highest BCUT2D eigenvalue weighted by Gasteiger charge is 2.09. The summed E-state index contributed by atoms with van der Waals surface area (Å²) in [6.45, 7) is 6.33. The van der Waals surface area contributed by atoms with Crippen LogP contribution >= 0.6 is 11.3 Å². The highest BCUT2D eigenvalue weighted by atomic mass is 32.1. The molecule has 2 aromatic heterocycles. The first-order valence-electron chi connectivity index (χ1n) is 7.25. The van der Waals surface area contributed by atoms with E-state index in [0.29, 0.717) is 6.54 Å². The normalized spacial score (nSPS) is 12.1. The predicted octanol–water partition coefficient (Wildman–Crippen LogP) is 4.09. The van der Waals surface area contributed by atoms with Gasteiger partial charge in [-0.2, -0.15) is 5.10 Å². The number of nitrogens with zero attached hydrogens (tertiary/aromatic N) is 3. The van der Waals surface area contributed by atoms with E-state index in [-0.39, 0.29) is 0 Å². The van der Waals surface area contributed by atoms with Crippen LogP contribution in [0, 0.1) is 6.92 Å². The van der Waals surface area contributed by atoms with Gasteiger partial charge in [0.05, 0.1) is 19.0 Å². The highest BCUT2D eigenvalue weighted by molar-refractivity contribution is 7.07. The minimum Gasteiger partial charge on any atom is -0.463 e. The van der Waals surface area contributed by atoms with Gasteiger partial charge in [-0.25, -0.2) is 4.68 Å². The number of hydrogen-bond donors (Lipinski definition) is 0. The fourth-order valence-electron chi connectivity index (χ4n) is 2.11. The molecule has 0 aliphatic rings. The van der Waals surface area contributed by atoms with Gasteiger partial charge < -0.3 is 4.42 Å². The molecule has 0 atom stereocenters. The molecular weight excluding hydrogens is 306 g/mol. The zero-order chi connectivity index (χ0) is 16.1. The van der Waals surface area contributed by atoms with Crippen molar-refractivity contribution in [3.8, 4) is 11.5 Å². The standard InChI is InChI=1S/C18H17N3OS/c1-3-10-19-18-21(16(13-23-18)17-9-6-11-22-17)20-12-15-8-5-4-7-14(15)2/h3-9,11-13H,1,10H2,2H3. The van der Waals surface area contributed by atoms with Crippen LogP contribution in [0.4, 0.5) is 0 Å². The van der Waals surface area contributed by atoms with Crippen molar-refractivity contribution in [2.75, 3.05) is 6.54 Å². The monoisotopic (exact) mass is 323 g/mol. The van der Waals surface area contributed by atoms with Gasteiger partial charge in [0.2, 0.25) is 4.80 Å². The molecule has 0 N–H and O–H groups in total. The van der Waals surface area contributed by atoms with Crippen molar-refractivity contribution in [1.29, 1.82) is 0 Å². The fraction of sp³-hybridized carbons (Fsp3) is 0.111. The third-order valence-corrected chi connectivity index (χ3v) is 4.17. The van der Waals surface area contributed by atoms with E-state index in [4.69, 9.17) is 4.42 Å². The van der Waals surface area contributed by atoms with E-state index in [1.807, 2.05) is 41.9 Å². The number of benzene rings is 1. The second-order valence-electron chi connectivity index (χ2n) is 4.92. The quantitative estimate of drug-likeness (QED) is 0.515. The average molecular weight is 323 g/mol. The van der Waals surface area contributed by atoms with Crippen LogP contribution in [-0.2, 0) is 0 Å². The first kappa shape index (κ1) is 15.2. The maximum atomic E-state index is 5.50. The van der Waals surface area contributed by atoms with Gasteiger partial charge >= 0.3 is 0 Å². The Kier molecular flexibility index (Phi) is 4.68. The van der Waals surface area contributed by atoms with Crippen LogP contribution in [0.3, 0.4) is 0 Å². The van der Waals surface area contributed by atoms with Crippen LogP contribution in [0.15, 0.2) is 75.2 Å². The molecule has 0 amide bonds. The Bertz CT molecular complexity index is 885. The highest BCUT2D eigenvalue weighted by Crippen LogP contribution is 2.20. The van der Waals surface area contributed by atoms with Gasteiger partial charge in [0.15, 0.2) is 5.76 Å². The summed E-state index contributed by atoms with van der Waals surface area (Å²) in [5.74, 6) is 0.767. The number of aromatic nitrogens is 1. The van der Waals surface area contributed by atoms with Gasteiger partial charge in [-0.15, -0.1) is 17.9 Å². The lowest BCUT2D eigenvalue weighted by atomic mass is 10.1. The second kappa shape index (κ2) is 7.07. The van der Waals surface area contributed by atoms with Crippen LogP contribution in [0.2, 0.25) is 0 Å². The number of hydrogen-bond acceptors (Lipinski definition) is 4. The molecule has 0 aliphatic heterocycles. The molecule has 0 saturated heterocycles. The summed E-state index contributed by atoms with van der Waals surface area (Å²) in [5, 5.41) is 6.62. The van der Waals surface area contributed by atoms with Crippen molar-refractivity contribution in [2.24, 2.45) is 10.1 Å². The van der Waals surface area contributed by atoms with E-state index >= 15 is 0 Å². The summed E-state index contributed by atoms with van der Waals surface area (Å²) in [7, 11) is 0. The first-order valence-corrected chi connectivity index (χ1v) is 8.13. The third-order valence-electron chi connectivity index (χ3n) is 3.32. The molecule has 5 heteroatoms. The molecule has 0 unspecified atom stereocenters. The molecule has 1 aromatic carbocycles. The number of aryl methyl sites for hydroxylation is 1. The third kappa shape index (κ3) is 3.40. The Labute approximate surface area is 138 Å². The lowest BCUT2D eigenvalue weighted by Crippen LogP contribution is -2.12. The van der Waals surface area contributed by atoms with Crippen molar-refractivity contribution in [1.82, 2.24) is 4.68 Å². The maximum Gasteiger partial charge on any atom is 0.206 e. The van der Waals surface area contributed by atoms with Crippen molar-refractivity contribution in [3.05, 3.63) is 76.6 Å². The van der Waals surface area contributed by atoms with Crippen molar-refractivity contribution in [2.45, 2.75) is 6.92 Å². The molecule has 0 radical (unpaired) electrons. The Hall–Kier alpha value is -2.66. The fourth-order valence-corrected chi connectivity index (χ4v) is 2.94. The van der Waals surface area contributed by atoms with Crippen molar-refractivity contribution in [3.63, 3.8) is 0 Å². The lowest BCUT2D eigenvalue weighted by Gasteiger charge is -2.02. The molecule has 3 aromatic rings. The molecule has 0 saturated carbocycles. The van der Waals surface area contributed by atoms with E-state index < -0.39 is 0 Å². The summed E-state index contributed by atoms with van der Waals surface area (Å²) in [4.78, 5) is 5.30. The SMILES string of the molecule is C=CCN=c1scc(-c2ccco2)n1N=Cc1ccccc1C. The van der Waals surface area contributed by atoms with Crippen LogP contribution < -0.4 is 4.80 Å². The first-order chi connectivity index (χ1) is 11.3. The van der Waals surface area contributed by atoms with E-state index in [0.717, 1.165) is 21.8 Å². The number of furan rings is 1. The van der Waals surface area contributed by atoms with Gasteiger partial charge in [0.1, 0.15) is 5.69 Å². The second-order valence-corrected chi connectivity index (χ2v) is 5.76. The Balaban J connectivity index is 2.07. The van der Waals surface area contributed by atoms with Crippen LogP contribution in [0.1, 0.15) is 11.1 Å². The Morgan fingerprint density at radius 1 is 1.26 bits per heavy atom. The van der Waals surface area contributed by atoms with Crippen LogP contribution in [0.5, 0.6) is 0 Å². The van der Waals surface area contributed by atoms with Gasteiger partial charge in [-0.05, 0) is 30.2 Å². The lowest BCUT2D eigenvalue weighted by molar-refractivity contribution is 0.575. The predicted molar refractivity (Wildman–Crippen MR) is 94.8 cm³/mol. The molecule has 0 fully saturated rings. The zero-order valence-electron chi connectivity index (χ0n) is 12.8. The largest absolute Gasteiger partial charge is 0.463 e. The molecule has 2 heterocycles. The number of rotatable bonds is 5. The minimum absolute atomic E-state index is 0.554. The summed E-state index contributed by atoms with van der Waals surface area (Å²) >= 11 is 1.53. The molecule has 23 heavy (non-hydrogen) atoms. The van der Waals surface area contributed by atoms with Crippen LogP contribution in [0.25, 0.3) is 11.5 Å². The molecule has 0 aliphatic carbocycles. The summed E-state index contributed by atoms with van der Waals surface area (Å²) in [6.07, 6.45) is 5.27. The summed E-state index contributed by atoms with van der Waals surface area (Å²) < 4.78 is 7.31. The van der Waals surface area contributed by atoms with Gasteiger partial charge in [-0.3, -0.25) is 4.99 Å². The van der Waals surface area contributed by atoms with E-state index in [2.05, 4.69) is 29.7 Å². The topological polar surface area (TPSA) is 42.8 Å². The van der Waals surface area contributed by atoms with Crippen molar-refractivity contribution < 1.29 is 4.42 Å². The molecule has 4 nitrogen and oxygen atoms in total. The maximum absolute atomic E-state index is 5.50. The van der Waals surface area contributed by atoms with Gasteiger partial charge in [0.25, 0.3) is 0 Å². The summed E-state index contributed by atoms with van der Waals surface area (Å²) in [5.41, 5.74) is 3.13. The molecule has 116 valence electrons. The average Bonchev–Trinajstić information content (AvgIpc) is 3.21. The zero-order valence-corrected chi connectivity index (χ0v) is 13.7. The molecule has 3 rings (SSSR count). The van der Waals surface area contributed by atoms with Crippen LogP contribution in [-0.4, -0.2) is 17.4 Å². The molecular formula is C18H17N3OS. The van der Waals surface area contributed by atoms with E-state index in [9.17, 15) is 0 Å². The minimum atomic E-state index is 0.554. The van der Waals surface area contributed by atoms with Gasteiger partial charge in [0, 0.05) is 5.38 Å². The Morgan fingerprint density at radius 2 is 2.13 bits per heavy atom. The van der Waals surface area contributed by atoms with Gasteiger partial charge in [-0.1, -0.05) is 30.3 Å². The van der Waals surface area contributed by atoms with E-state index in [1.54, 1.807) is 17.0 Å². The molecule has 0 bridgehead atoms. The smallest absolute Gasteiger partial charge is 0.206 e. The Morgan fingerprint density at radius 3 is 2.87 bits per heavy atom. The van der Waals surface area contributed by atoms with E-state index in [1.165, 1.54) is 16.9 Å². The summed E-state index contributed by atoms with van der Waals surface area (Å²) in [6, 6.07) is 11.9.